The van der Waals surface area contributed by atoms with E-state index in [0.29, 0.717) is 0 Å². The topological polar surface area (TPSA) is 41.1 Å². The molecule has 3 rings (SSSR count). The summed E-state index contributed by atoms with van der Waals surface area (Å²) in [6.07, 6.45) is 1.24. The van der Waals surface area contributed by atoms with Crippen LogP contribution in [-0.2, 0) is 6.42 Å². The third-order valence-corrected chi connectivity index (χ3v) is 3.56. The minimum Gasteiger partial charge on any atom is -0.336 e. The predicted molar refractivity (Wildman–Crippen MR) is 92.5 cm³/mol. The first-order chi connectivity index (χ1) is 10.5. The lowest BCUT2D eigenvalue weighted by Gasteiger charge is -2.11. The van der Waals surface area contributed by atoms with Crippen molar-refractivity contribution in [1.82, 2.24) is 5.32 Å². The number of hydrogen-bond donors (Lipinski definition) is 2. The van der Waals surface area contributed by atoms with Crippen molar-refractivity contribution in [2.24, 2.45) is 0 Å². The first-order valence-corrected chi connectivity index (χ1v) is 7.67. The summed E-state index contributed by atoms with van der Waals surface area (Å²) in [5, 5.41) is 5.57. The number of hydrogen-bond acceptors (Lipinski definition) is 1. The molecule has 2 aromatic rings. The highest BCUT2D eigenvalue weighted by atomic mass is 16.2. The molecule has 0 radical (unpaired) electrons. The Balaban J connectivity index is 0.000000205. The van der Waals surface area contributed by atoms with E-state index in [1.807, 2.05) is 45.9 Å². The Morgan fingerprint density at radius 1 is 1.00 bits per heavy atom. The summed E-state index contributed by atoms with van der Waals surface area (Å²) in [4.78, 5) is 11.4. The molecule has 1 aliphatic carbocycles. The number of benzene rings is 2. The Kier molecular flexibility index (Phi) is 5.21. The molecule has 0 aromatic heterocycles. The fourth-order valence-electron chi connectivity index (χ4n) is 2.08. The molecule has 2 aromatic carbocycles. The molecule has 2 amide bonds. The summed E-state index contributed by atoms with van der Waals surface area (Å²) >= 11 is 0. The van der Waals surface area contributed by atoms with Crippen LogP contribution in [0, 0.1) is 13.8 Å². The fraction of sp³-hybridized carbons (Fsp3) is 0.316. The predicted octanol–water partition coefficient (Wildman–Crippen LogP) is 4.42. The lowest BCUT2D eigenvalue weighted by molar-refractivity contribution is 0.250. The maximum Gasteiger partial charge on any atom is 0.319 e. The molecule has 22 heavy (non-hydrogen) atoms. The van der Waals surface area contributed by atoms with Gasteiger partial charge in [0.1, 0.15) is 0 Å². The molecule has 0 unspecified atom stereocenters. The van der Waals surface area contributed by atoms with Crippen LogP contribution < -0.4 is 10.6 Å². The smallest absolute Gasteiger partial charge is 0.319 e. The van der Waals surface area contributed by atoms with Gasteiger partial charge in [0, 0.05) is 11.7 Å². The van der Waals surface area contributed by atoms with E-state index < -0.39 is 0 Å². The van der Waals surface area contributed by atoms with Crippen LogP contribution >= 0.6 is 0 Å². The Hall–Kier alpha value is -2.29. The molecule has 3 heteroatoms. The average Bonchev–Trinajstić information content (AvgIpc) is 3.22. The van der Waals surface area contributed by atoms with Crippen LogP contribution in [0.15, 0.2) is 42.5 Å². The van der Waals surface area contributed by atoms with Crippen LogP contribution in [0.2, 0.25) is 0 Å². The second-order valence-corrected chi connectivity index (χ2v) is 6.00. The average molecular weight is 296 g/mol. The quantitative estimate of drug-likeness (QED) is 0.722. The van der Waals surface area contributed by atoms with Gasteiger partial charge in [0.05, 0.1) is 0 Å². The molecule has 0 spiro atoms. The largest absolute Gasteiger partial charge is 0.336 e. The normalized spacial score (nSPS) is 11.1. The first kappa shape index (κ1) is 16.1. The van der Waals surface area contributed by atoms with E-state index in [4.69, 9.17) is 0 Å². The van der Waals surface area contributed by atoms with Crippen molar-refractivity contribution in [3.8, 4) is 0 Å². The van der Waals surface area contributed by atoms with Crippen molar-refractivity contribution in [3.63, 3.8) is 0 Å². The van der Waals surface area contributed by atoms with Crippen LogP contribution in [0.5, 0.6) is 0 Å². The Morgan fingerprint density at radius 2 is 1.64 bits per heavy atom. The van der Waals surface area contributed by atoms with Gasteiger partial charge in [0.2, 0.25) is 0 Å². The van der Waals surface area contributed by atoms with Crippen molar-refractivity contribution >= 4 is 11.7 Å². The highest BCUT2D eigenvalue weighted by Crippen LogP contribution is 2.25. The second kappa shape index (κ2) is 7.12. The number of nitrogens with one attached hydrogen (secondary N) is 2. The van der Waals surface area contributed by atoms with E-state index in [2.05, 4.69) is 34.9 Å². The summed E-state index contributed by atoms with van der Waals surface area (Å²) in [5.41, 5.74) is 6.29. The number of carbonyl (C=O) groups is 1. The van der Waals surface area contributed by atoms with Crippen molar-refractivity contribution in [2.45, 2.75) is 40.2 Å². The molecule has 0 aliphatic heterocycles. The first-order valence-electron chi connectivity index (χ1n) is 7.67. The number of anilines is 1. The number of rotatable bonds is 2. The molecule has 1 aliphatic rings. The van der Waals surface area contributed by atoms with E-state index in [9.17, 15) is 4.79 Å². The van der Waals surface area contributed by atoms with Gasteiger partial charge in [-0.2, -0.15) is 0 Å². The van der Waals surface area contributed by atoms with Crippen LogP contribution in [0.3, 0.4) is 0 Å². The van der Waals surface area contributed by atoms with Crippen molar-refractivity contribution < 1.29 is 4.79 Å². The second-order valence-electron chi connectivity index (χ2n) is 6.00. The maximum absolute atomic E-state index is 11.4. The third-order valence-electron chi connectivity index (χ3n) is 3.56. The molecule has 0 heterocycles. The molecule has 0 fully saturated rings. The lowest BCUT2D eigenvalue weighted by atomic mass is 10.1. The third kappa shape index (κ3) is 4.92. The minimum absolute atomic E-state index is 0.150. The van der Waals surface area contributed by atoms with Gasteiger partial charge in [-0.1, -0.05) is 30.3 Å². The van der Waals surface area contributed by atoms with E-state index >= 15 is 0 Å². The standard InChI is InChI=1S/C12H18N2O.C7H6/c1-8(2)13-12(15)14-11-6-5-9(3)10(4)7-11;1-2-4-7-5-6(7)3-1/h5-8H,1-4H3,(H2,13,14,15);1-4H,5H2. The van der Waals surface area contributed by atoms with E-state index in [0.717, 1.165) is 5.69 Å². The summed E-state index contributed by atoms with van der Waals surface area (Å²) in [7, 11) is 0. The molecule has 0 saturated heterocycles. The molecule has 0 saturated carbocycles. The summed E-state index contributed by atoms with van der Waals surface area (Å²) in [6.45, 7) is 7.94. The monoisotopic (exact) mass is 296 g/mol. The highest BCUT2D eigenvalue weighted by Gasteiger charge is 2.12. The Labute approximate surface area is 132 Å². The van der Waals surface area contributed by atoms with Crippen molar-refractivity contribution in [1.29, 1.82) is 0 Å². The van der Waals surface area contributed by atoms with Crippen LogP contribution in [0.4, 0.5) is 10.5 Å². The summed E-state index contributed by atoms with van der Waals surface area (Å²) < 4.78 is 0. The van der Waals surface area contributed by atoms with Crippen LogP contribution in [0.25, 0.3) is 0 Å². The zero-order chi connectivity index (χ0) is 16.1. The van der Waals surface area contributed by atoms with Gasteiger partial charge < -0.3 is 10.6 Å². The van der Waals surface area contributed by atoms with E-state index in [1.54, 1.807) is 0 Å². The Morgan fingerprint density at radius 3 is 2.14 bits per heavy atom. The molecule has 116 valence electrons. The van der Waals surface area contributed by atoms with Gasteiger partial charge in [-0.15, -0.1) is 0 Å². The van der Waals surface area contributed by atoms with E-state index in [-0.39, 0.29) is 12.1 Å². The van der Waals surface area contributed by atoms with Crippen LogP contribution in [0.1, 0.15) is 36.1 Å². The van der Waals surface area contributed by atoms with Gasteiger partial charge >= 0.3 is 6.03 Å². The summed E-state index contributed by atoms with van der Waals surface area (Å²) in [5.74, 6) is 0. The molecule has 0 atom stereocenters. The molecular weight excluding hydrogens is 272 g/mol. The maximum atomic E-state index is 11.4. The van der Waals surface area contributed by atoms with Gasteiger partial charge in [0.25, 0.3) is 0 Å². The van der Waals surface area contributed by atoms with Crippen molar-refractivity contribution in [2.75, 3.05) is 5.32 Å². The number of carbonyl (C=O) groups excluding carboxylic acids is 1. The van der Waals surface area contributed by atoms with E-state index in [1.165, 1.54) is 28.7 Å². The van der Waals surface area contributed by atoms with Crippen LogP contribution in [-0.4, -0.2) is 12.1 Å². The van der Waals surface area contributed by atoms with Gasteiger partial charge in [0.15, 0.2) is 0 Å². The number of fused-ring (bicyclic) bond motifs is 1. The zero-order valence-electron chi connectivity index (χ0n) is 13.7. The SMILES string of the molecule is Cc1ccc(NC(=O)NC(C)C)cc1C.c1ccc2c(c1)C2. The number of amides is 2. The fourth-order valence-corrected chi connectivity index (χ4v) is 2.08. The van der Waals surface area contributed by atoms with Gasteiger partial charge in [-0.3, -0.25) is 0 Å². The number of urea groups is 1. The molecular formula is C19H24N2O. The Bertz CT molecular complexity index is 641. The molecule has 0 bridgehead atoms. The molecule has 2 N–H and O–H groups in total. The van der Waals surface area contributed by atoms with Crippen molar-refractivity contribution in [3.05, 3.63) is 64.7 Å². The number of aryl methyl sites for hydroxylation is 2. The zero-order valence-corrected chi connectivity index (χ0v) is 13.7. The summed E-state index contributed by atoms with van der Waals surface area (Å²) in [6, 6.07) is 14.4. The highest BCUT2D eigenvalue weighted by molar-refractivity contribution is 5.89. The lowest BCUT2D eigenvalue weighted by Crippen LogP contribution is -2.34. The van der Waals surface area contributed by atoms with Gasteiger partial charge in [-0.05, 0) is 68.5 Å². The van der Waals surface area contributed by atoms with Gasteiger partial charge in [-0.25, -0.2) is 4.79 Å². The molecule has 3 nitrogen and oxygen atoms in total. The minimum atomic E-state index is -0.159.